The van der Waals surface area contributed by atoms with Crippen molar-refractivity contribution in [1.29, 1.82) is 0 Å². The Hall–Kier alpha value is -1.89. The second-order valence-electron chi connectivity index (χ2n) is 8.93. The van der Waals surface area contributed by atoms with Gasteiger partial charge in [-0.2, -0.15) is 0 Å². The van der Waals surface area contributed by atoms with Gasteiger partial charge in [-0.15, -0.1) is 11.3 Å². The number of thiophene rings is 1. The number of fused-ring (bicyclic) bond motifs is 3. The minimum Gasteiger partial charge on any atom is -0.444 e. The number of carbonyl (C=O) groups excluding carboxylic acids is 1. The van der Waals surface area contributed by atoms with Crippen molar-refractivity contribution in [3.63, 3.8) is 0 Å². The summed E-state index contributed by atoms with van der Waals surface area (Å²) in [6.45, 7) is 8.22. The Morgan fingerprint density at radius 2 is 2.11 bits per heavy atom. The number of hydrogen-bond acceptors (Lipinski definition) is 6. The van der Waals surface area contributed by atoms with Crippen LogP contribution >= 0.6 is 11.3 Å². The highest BCUT2D eigenvalue weighted by atomic mass is 32.1. The number of nitrogens with zero attached hydrogens (tertiary/aromatic N) is 3. The summed E-state index contributed by atoms with van der Waals surface area (Å²) < 4.78 is 5.37. The zero-order valence-electron chi connectivity index (χ0n) is 17.1. The fraction of sp³-hybridized carbons (Fsp3) is 0.667. The predicted molar refractivity (Wildman–Crippen MR) is 113 cm³/mol. The van der Waals surface area contributed by atoms with E-state index in [1.807, 2.05) is 32.1 Å². The number of rotatable bonds is 3. The van der Waals surface area contributed by atoms with E-state index in [-0.39, 0.29) is 6.09 Å². The maximum absolute atomic E-state index is 12.0. The van der Waals surface area contributed by atoms with Gasteiger partial charge in [-0.05, 0) is 70.8 Å². The van der Waals surface area contributed by atoms with Crippen molar-refractivity contribution >= 4 is 33.5 Å². The molecule has 0 aromatic carbocycles. The van der Waals surface area contributed by atoms with Gasteiger partial charge in [0, 0.05) is 24.5 Å². The molecule has 0 radical (unpaired) electrons. The van der Waals surface area contributed by atoms with Crippen LogP contribution in [-0.4, -0.2) is 41.3 Å². The van der Waals surface area contributed by atoms with E-state index in [1.165, 1.54) is 35.1 Å². The summed E-state index contributed by atoms with van der Waals surface area (Å²) in [6, 6.07) is 0. The first-order chi connectivity index (χ1) is 13.4. The number of nitrogens with one attached hydrogen (secondary N) is 1. The van der Waals surface area contributed by atoms with Gasteiger partial charge in [0.25, 0.3) is 0 Å². The number of piperidine rings is 1. The highest BCUT2D eigenvalue weighted by Crippen LogP contribution is 2.40. The number of aryl methyl sites for hydroxylation is 2. The number of carbonyl (C=O) groups is 1. The number of alkyl carbamates (subject to hydrolysis) is 1. The molecule has 1 atom stereocenters. The molecule has 28 heavy (non-hydrogen) atoms. The lowest BCUT2D eigenvalue weighted by Gasteiger charge is -2.34. The van der Waals surface area contributed by atoms with Crippen molar-refractivity contribution in [3.8, 4) is 0 Å². The average Bonchev–Trinajstić information content (AvgIpc) is 3.04. The Bertz CT molecular complexity index is 858. The third kappa shape index (κ3) is 4.24. The molecule has 1 amide bonds. The van der Waals surface area contributed by atoms with Gasteiger partial charge in [0.1, 0.15) is 22.6 Å². The van der Waals surface area contributed by atoms with Crippen LogP contribution in [0.3, 0.4) is 0 Å². The minimum atomic E-state index is -0.465. The summed E-state index contributed by atoms with van der Waals surface area (Å²) in [6.07, 6.45) is 8.47. The molecule has 1 aliphatic carbocycles. The first-order valence-corrected chi connectivity index (χ1v) is 11.2. The molecule has 1 fully saturated rings. The molecule has 0 bridgehead atoms. The van der Waals surface area contributed by atoms with Gasteiger partial charge in [0.05, 0.1) is 5.39 Å². The van der Waals surface area contributed by atoms with E-state index in [2.05, 4.69) is 15.2 Å². The smallest absolute Gasteiger partial charge is 0.407 e. The van der Waals surface area contributed by atoms with Crippen LogP contribution < -0.4 is 10.2 Å². The van der Waals surface area contributed by atoms with Crippen LogP contribution in [0.4, 0.5) is 10.6 Å². The highest BCUT2D eigenvalue weighted by molar-refractivity contribution is 7.19. The van der Waals surface area contributed by atoms with Crippen LogP contribution in [0.5, 0.6) is 0 Å². The van der Waals surface area contributed by atoms with Crippen molar-refractivity contribution in [1.82, 2.24) is 15.3 Å². The molecule has 1 saturated heterocycles. The molecule has 6 nitrogen and oxygen atoms in total. The predicted octanol–water partition coefficient (Wildman–Crippen LogP) is 4.31. The Morgan fingerprint density at radius 1 is 1.29 bits per heavy atom. The van der Waals surface area contributed by atoms with Gasteiger partial charge in [-0.25, -0.2) is 14.8 Å². The maximum atomic E-state index is 12.0. The maximum Gasteiger partial charge on any atom is 0.407 e. The van der Waals surface area contributed by atoms with Crippen molar-refractivity contribution in [2.75, 3.05) is 24.5 Å². The average molecular weight is 403 g/mol. The third-order valence-corrected chi connectivity index (χ3v) is 6.68. The van der Waals surface area contributed by atoms with Crippen LogP contribution in [-0.2, 0) is 17.6 Å². The zero-order chi connectivity index (χ0) is 19.7. The van der Waals surface area contributed by atoms with Gasteiger partial charge in [0.15, 0.2) is 0 Å². The summed E-state index contributed by atoms with van der Waals surface area (Å²) >= 11 is 1.85. The highest BCUT2D eigenvalue weighted by Gasteiger charge is 2.27. The number of ether oxygens (including phenoxy) is 1. The normalized spacial score (nSPS) is 20.1. The topological polar surface area (TPSA) is 67.3 Å². The largest absolute Gasteiger partial charge is 0.444 e. The molecule has 2 aliphatic rings. The fourth-order valence-corrected chi connectivity index (χ4v) is 5.50. The standard InChI is InChI=1S/C21H30N4O2S/c1-21(2,3)27-20(26)22-11-14-7-6-10-25(12-14)18-17-15-8-4-5-9-16(15)28-19(17)24-13-23-18/h13-14H,4-12H2,1-3H3,(H,22,26). The van der Waals surface area contributed by atoms with Crippen molar-refractivity contribution in [2.24, 2.45) is 5.92 Å². The Labute approximate surface area is 170 Å². The summed E-state index contributed by atoms with van der Waals surface area (Å²) in [4.78, 5) is 26.3. The first-order valence-electron chi connectivity index (χ1n) is 10.4. The van der Waals surface area contributed by atoms with Crippen molar-refractivity contribution < 1.29 is 9.53 Å². The zero-order valence-corrected chi connectivity index (χ0v) is 17.9. The Balaban J connectivity index is 1.48. The van der Waals surface area contributed by atoms with E-state index in [0.717, 1.165) is 43.0 Å². The van der Waals surface area contributed by atoms with E-state index < -0.39 is 5.60 Å². The molecule has 2 aromatic heterocycles. The summed E-state index contributed by atoms with van der Waals surface area (Å²) in [7, 11) is 0. The molecule has 3 heterocycles. The molecule has 152 valence electrons. The SMILES string of the molecule is CC(C)(C)OC(=O)NCC1CCCN(c2ncnc3sc4c(c23)CCCC4)C1. The number of hydrogen-bond donors (Lipinski definition) is 1. The molecule has 1 unspecified atom stereocenters. The number of amides is 1. The molecular formula is C21H30N4O2S. The lowest BCUT2D eigenvalue weighted by atomic mass is 9.95. The van der Waals surface area contributed by atoms with E-state index in [9.17, 15) is 4.79 Å². The van der Waals surface area contributed by atoms with E-state index in [1.54, 1.807) is 6.33 Å². The quantitative estimate of drug-likeness (QED) is 0.828. The van der Waals surface area contributed by atoms with E-state index in [0.29, 0.717) is 12.5 Å². The monoisotopic (exact) mass is 402 g/mol. The van der Waals surface area contributed by atoms with Crippen LogP contribution in [0.25, 0.3) is 10.2 Å². The molecule has 2 aromatic rings. The van der Waals surface area contributed by atoms with Crippen LogP contribution in [0, 0.1) is 5.92 Å². The first kappa shape index (κ1) is 19.4. The molecule has 1 N–H and O–H groups in total. The van der Waals surface area contributed by atoms with Crippen LogP contribution in [0.15, 0.2) is 6.33 Å². The summed E-state index contributed by atoms with van der Waals surface area (Å²) in [5, 5.41) is 4.23. The van der Waals surface area contributed by atoms with E-state index in [4.69, 9.17) is 9.72 Å². The number of aromatic nitrogens is 2. The van der Waals surface area contributed by atoms with Gasteiger partial charge in [-0.3, -0.25) is 0 Å². The summed E-state index contributed by atoms with van der Waals surface area (Å²) in [5.41, 5.74) is 1.02. The second-order valence-corrected chi connectivity index (χ2v) is 10.0. The Kier molecular flexibility index (Phi) is 5.45. The molecule has 1 aliphatic heterocycles. The second kappa shape index (κ2) is 7.85. The van der Waals surface area contributed by atoms with Crippen LogP contribution in [0.1, 0.15) is 56.9 Å². The molecular weight excluding hydrogens is 372 g/mol. The molecule has 7 heteroatoms. The molecule has 4 rings (SSSR count). The van der Waals surface area contributed by atoms with E-state index >= 15 is 0 Å². The van der Waals surface area contributed by atoms with Gasteiger partial charge < -0.3 is 15.0 Å². The fourth-order valence-electron chi connectivity index (χ4n) is 4.28. The van der Waals surface area contributed by atoms with Gasteiger partial charge in [0.2, 0.25) is 0 Å². The van der Waals surface area contributed by atoms with Gasteiger partial charge in [-0.1, -0.05) is 0 Å². The van der Waals surface area contributed by atoms with Gasteiger partial charge >= 0.3 is 6.09 Å². The van der Waals surface area contributed by atoms with Crippen molar-refractivity contribution in [2.45, 2.75) is 64.9 Å². The Morgan fingerprint density at radius 3 is 2.93 bits per heavy atom. The minimum absolute atomic E-state index is 0.332. The lowest BCUT2D eigenvalue weighted by molar-refractivity contribution is 0.0517. The number of anilines is 1. The lowest BCUT2D eigenvalue weighted by Crippen LogP contribution is -2.42. The van der Waals surface area contributed by atoms with Crippen LogP contribution in [0.2, 0.25) is 0 Å². The molecule has 0 saturated carbocycles. The molecule has 0 spiro atoms. The summed E-state index contributed by atoms with van der Waals surface area (Å²) in [5.74, 6) is 1.49. The third-order valence-electron chi connectivity index (χ3n) is 5.48. The van der Waals surface area contributed by atoms with Crippen molar-refractivity contribution in [3.05, 3.63) is 16.8 Å².